The zero-order valence-corrected chi connectivity index (χ0v) is 11.8. The highest BCUT2D eigenvalue weighted by atomic mass is 79.9. The maximum Gasteiger partial charge on any atom is 0.132 e. The van der Waals surface area contributed by atoms with Crippen molar-refractivity contribution in [1.29, 1.82) is 0 Å². The molecule has 0 aromatic heterocycles. The molecule has 17 heavy (non-hydrogen) atoms. The quantitative estimate of drug-likeness (QED) is 0.812. The third kappa shape index (κ3) is 4.03. The number of nitrogens with one attached hydrogen (secondary N) is 1. The maximum atomic E-state index is 13.8. The van der Waals surface area contributed by atoms with E-state index in [1.54, 1.807) is 0 Å². The van der Waals surface area contributed by atoms with Gasteiger partial charge >= 0.3 is 0 Å². The summed E-state index contributed by atoms with van der Waals surface area (Å²) in [6.07, 6.45) is 2.72. The van der Waals surface area contributed by atoms with Crippen LogP contribution in [-0.4, -0.2) is 6.54 Å². The molecule has 0 saturated carbocycles. The third-order valence-corrected chi connectivity index (χ3v) is 3.15. The van der Waals surface area contributed by atoms with Crippen LogP contribution in [0.5, 0.6) is 0 Å². The first-order valence-corrected chi connectivity index (χ1v) is 6.77. The Morgan fingerprint density at radius 2 is 1.82 bits per heavy atom. The smallest absolute Gasteiger partial charge is 0.132 e. The molecule has 1 rings (SSSR count). The van der Waals surface area contributed by atoms with Gasteiger partial charge in [0.1, 0.15) is 11.6 Å². The third-order valence-electron chi connectivity index (χ3n) is 2.69. The highest BCUT2D eigenvalue weighted by molar-refractivity contribution is 9.10. The lowest BCUT2D eigenvalue weighted by atomic mass is 10.00. The van der Waals surface area contributed by atoms with Gasteiger partial charge in [-0.1, -0.05) is 42.6 Å². The molecule has 1 N–H and O–H groups in total. The summed E-state index contributed by atoms with van der Waals surface area (Å²) in [5.74, 6) is -0.974. The molecule has 0 bridgehead atoms. The Bertz CT molecular complexity index is 345. The Labute approximate surface area is 110 Å². The van der Waals surface area contributed by atoms with Crippen LogP contribution in [0, 0.1) is 11.6 Å². The Kier molecular flexibility index (Phi) is 6.06. The monoisotopic (exact) mass is 305 g/mol. The van der Waals surface area contributed by atoms with Crippen molar-refractivity contribution in [3.05, 3.63) is 33.8 Å². The van der Waals surface area contributed by atoms with E-state index < -0.39 is 11.6 Å². The van der Waals surface area contributed by atoms with Gasteiger partial charge in [-0.25, -0.2) is 8.78 Å². The summed E-state index contributed by atoms with van der Waals surface area (Å²) in [4.78, 5) is 0. The van der Waals surface area contributed by atoms with Gasteiger partial charge in [-0.3, -0.25) is 0 Å². The standard InChI is InChI=1S/C13H18BrF2N/c1-3-5-6-12(17-4-2)13-10(15)7-9(14)8-11(13)16/h7-8,12,17H,3-6H2,1-2H3. The van der Waals surface area contributed by atoms with Gasteiger partial charge in [0.05, 0.1) is 0 Å². The molecule has 0 aliphatic heterocycles. The van der Waals surface area contributed by atoms with Gasteiger partial charge < -0.3 is 5.32 Å². The lowest BCUT2D eigenvalue weighted by molar-refractivity contribution is 0.443. The molecular formula is C13H18BrF2N. The Balaban J connectivity index is 3.00. The molecule has 1 aromatic rings. The average molecular weight is 306 g/mol. The largest absolute Gasteiger partial charge is 0.310 e. The maximum absolute atomic E-state index is 13.8. The van der Waals surface area contributed by atoms with Crippen LogP contribution in [0.4, 0.5) is 8.78 Å². The zero-order chi connectivity index (χ0) is 12.8. The van der Waals surface area contributed by atoms with Crippen LogP contribution < -0.4 is 5.32 Å². The van der Waals surface area contributed by atoms with E-state index >= 15 is 0 Å². The molecule has 96 valence electrons. The molecule has 0 aliphatic rings. The van der Waals surface area contributed by atoms with Crippen LogP contribution in [-0.2, 0) is 0 Å². The molecule has 4 heteroatoms. The van der Waals surface area contributed by atoms with Crippen molar-refractivity contribution in [2.45, 2.75) is 39.2 Å². The van der Waals surface area contributed by atoms with Gasteiger partial charge in [0.25, 0.3) is 0 Å². The zero-order valence-electron chi connectivity index (χ0n) is 10.2. The number of hydrogen-bond donors (Lipinski definition) is 1. The van der Waals surface area contributed by atoms with Crippen LogP contribution in [0.2, 0.25) is 0 Å². The number of hydrogen-bond acceptors (Lipinski definition) is 1. The van der Waals surface area contributed by atoms with Gasteiger partial charge in [0.2, 0.25) is 0 Å². The van der Waals surface area contributed by atoms with Crippen molar-refractivity contribution in [2.75, 3.05) is 6.54 Å². The van der Waals surface area contributed by atoms with E-state index in [9.17, 15) is 8.78 Å². The van der Waals surface area contributed by atoms with Crippen LogP contribution in [0.25, 0.3) is 0 Å². The van der Waals surface area contributed by atoms with Crippen molar-refractivity contribution < 1.29 is 8.78 Å². The van der Waals surface area contributed by atoms with E-state index in [1.165, 1.54) is 12.1 Å². The van der Waals surface area contributed by atoms with Crippen molar-refractivity contribution in [2.24, 2.45) is 0 Å². The second kappa shape index (κ2) is 7.07. The summed E-state index contributed by atoms with van der Waals surface area (Å²) in [7, 11) is 0. The first-order valence-electron chi connectivity index (χ1n) is 5.98. The topological polar surface area (TPSA) is 12.0 Å². The van der Waals surface area contributed by atoms with Crippen molar-refractivity contribution in [3.8, 4) is 0 Å². The average Bonchev–Trinajstić information content (AvgIpc) is 2.24. The number of benzene rings is 1. The lowest BCUT2D eigenvalue weighted by Crippen LogP contribution is -2.23. The molecule has 0 radical (unpaired) electrons. The Hall–Kier alpha value is -0.480. The van der Waals surface area contributed by atoms with E-state index in [-0.39, 0.29) is 11.6 Å². The summed E-state index contributed by atoms with van der Waals surface area (Å²) in [6, 6.07) is 2.39. The number of rotatable bonds is 6. The second-order valence-electron chi connectivity index (χ2n) is 4.04. The fourth-order valence-corrected chi connectivity index (χ4v) is 2.29. The number of halogens is 3. The molecule has 0 heterocycles. The van der Waals surface area contributed by atoms with Gasteiger partial charge in [0.15, 0.2) is 0 Å². The van der Waals surface area contributed by atoms with E-state index in [1.807, 2.05) is 6.92 Å². The fraction of sp³-hybridized carbons (Fsp3) is 0.538. The summed E-state index contributed by atoms with van der Waals surface area (Å²) >= 11 is 3.09. The molecular weight excluding hydrogens is 288 g/mol. The summed E-state index contributed by atoms with van der Waals surface area (Å²) < 4.78 is 28.0. The molecule has 0 aliphatic carbocycles. The molecule has 0 amide bonds. The van der Waals surface area contributed by atoms with Gasteiger partial charge in [-0.15, -0.1) is 0 Å². The second-order valence-corrected chi connectivity index (χ2v) is 4.95. The molecule has 1 unspecified atom stereocenters. The molecule has 1 nitrogen and oxygen atoms in total. The Morgan fingerprint density at radius 1 is 1.24 bits per heavy atom. The normalized spacial score (nSPS) is 12.8. The first-order chi connectivity index (χ1) is 8.10. The van der Waals surface area contributed by atoms with E-state index in [0.29, 0.717) is 11.0 Å². The van der Waals surface area contributed by atoms with Crippen LogP contribution in [0.1, 0.15) is 44.7 Å². The van der Waals surface area contributed by atoms with E-state index in [0.717, 1.165) is 19.3 Å². The highest BCUT2D eigenvalue weighted by Gasteiger charge is 2.19. The number of unbranched alkanes of at least 4 members (excludes halogenated alkanes) is 1. The minimum Gasteiger partial charge on any atom is -0.310 e. The van der Waals surface area contributed by atoms with E-state index in [4.69, 9.17) is 0 Å². The minimum absolute atomic E-state index is 0.156. The molecule has 1 aromatic carbocycles. The molecule has 0 saturated heterocycles. The predicted octanol–water partition coefficient (Wildman–Crippen LogP) is 4.57. The fourth-order valence-electron chi connectivity index (χ4n) is 1.89. The predicted molar refractivity (Wildman–Crippen MR) is 70.0 cm³/mol. The van der Waals surface area contributed by atoms with Crippen LogP contribution in [0.15, 0.2) is 16.6 Å². The van der Waals surface area contributed by atoms with Crippen molar-refractivity contribution in [1.82, 2.24) is 5.32 Å². The molecule has 0 spiro atoms. The summed E-state index contributed by atoms with van der Waals surface area (Å²) in [5, 5.41) is 3.14. The summed E-state index contributed by atoms with van der Waals surface area (Å²) in [6.45, 7) is 4.70. The lowest BCUT2D eigenvalue weighted by Gasteiger charge is -2.19. The first kappa shape index (κ1) is 14.6. The molecule has 0 fully saturated rings. The van der Waals surface area contributed by atoms with Crippen molar-refractivity contribution in [3.63, 3.8) is 0 Å². The minimum atomic E-state index is -0.487. The van der Waals surface area contributed by atoms with Gasteiger partial charge in [0, 0.05) is 16.1 Å². The SMILES string of the molecule is CCCCC(NCC)c1c(F)cc(Br)cc1F. The van der Waals surface area contributed by atoms with Crippen LogP contribution in [0.3, 0.4) is 0 Å². The summed E-state index contributed by atoms with van der Waals surface area (Å²) in [5.41, 5.74) is 0.156. The Morgan fingerprint density at radius 3 is 2.29 bits per heavy atom. The van der Waals surface area contributed by atoms with E-state index in [2.05, 4.69) is 28.2 Å². The highest BCUT2D eigenvalue weighted by Crippen LogP contribution is 2.27. The van der Waals surface area contributed by atoms with Crippen LogP contribution >= 0.6 is 15.9 Å². The van der Waals surface area contributed by atoms with Crippen molar-refractivity contribution >= 4 is 15.9 Å². The van der Waals surface area contributed by atoms with Gasteiger partial charge in [-0.05, 0) is 25.1 Å². The molecule has 1 atom stereocenters. The van der Waals surface area contributed by atoms with Gasteiger partial charge in [-0.2, -0.15) is 0 Å².